The largest absolute Gasteiger partial charge is 0.329 e. The van der Waals surface area contributed by atoms with Gasteiger partial charge in [-0.15, -0.1) is 0 Å². The van der Waals surface area contributed by atoms with Crippen molar-refractivity contribution in [3.05, 3.63) is 76.2 Å². The van der Waals surface area contributed by atoms with Crippen LogP contribution in [0.4, 0.5) is 5.69 Å². The summed E-state index contributed by atoms with van der Waals surface area (Å²) in [6, 6.07) is 15.3. The number of carbonyl (C=O) groups is 1. The zero-order valence-corrected chi connectivity index (χ0v) is 13.4. The zero-order chi connectivity index (χ0) is 16.7. The van der Waals surface area contributed by atoms with Gasteiger partial charge in [0.1, 0.15) is 0 Å². The first kappa shape index (κ1) is 14.7. The fourth-order valence-corrected chi connectivity index (χ4v) is 3.62. The van der Waals surface area contributed by atoms with Gasteiger partial charge in [0.2, 0.25) is 5.91 Å². The molecule has 1 aromatic heterocycles. The SMILES string of the molecule is CC1(C(=O)Nc2cccc3c(=O)[nH]ccc23)CCc2ccccc21. The molecule has 1 heterocycles. The summed E-state index contributed by atoms with van der Waals surface area (Å²) < 4.78 is 0. The standard InChI is InChI=1S/C20H18N2O2/c1-20(11-9-13-5-2-3-7-16(13)20)19(24)22-17-8-4-6-15-14(17)10-12-21-18(15)23/h2-8,10,12H,9,11H2,1H3,(H,21,23)(H,22,24). The number of anilines is 1. The normalized spacial score (nSPS) is 19.2. The number of hydrogen-bond donors (Lipinski definition) is 2. The number of aromatic amines is 1. The van der Waals surface area contributed by atoms with Crippen LogP contribution < -0.4 is 10.9 Å². The third kappa shape index (κ3) is 2.14. The van der Waals surface area contributed by atoms with Gasteiger partial charge in [-0.25, -0.2) is 0 Å². The lowest BCUT2D eigenvalue weighted by atomic mass is 9.83. The summed E-state index contributed by atoms with van der Waals surface area (Å²) in [7, 11) is 0. The lowest BCUT2D eigenvalue weighted by molar-refractivity contribution is -0.121. The van der Waals surface area contributed by atoms with Crippen molar-refractivity contribution in [2.45, 2.75) is 25.2 Å². The third-order valence-corrected chi connectivity index (χ3v) is 5.07. The van der Waals surface area contributed by atoms with Gasteiger partial charge in [0, 0.05) is 22.7 Å². The Balaban J connectivity index is 1.74. The van der Waals surface area contributed by atoms with E-state index in [-0.39, 0.29) is 11.5 Å². The van der Waals surface area contributed by atoms with Crippen molar-refractivity contribution in [3.8, 4) is 0 Å². The van der Waals surface area contributed by atoms with Crippen molar-refractivity contribution < 1.29 is 4.79 Å². The number of fused-ring (bicyclic) bond motifs is 2. The van der Waals surface area contributed by atoms with E-state index < -0.39 is 5.41 Å². The number of rotatable bonds is 2. The molecule has 0 saturated heterocycles. The maximum absolute atomic E-state index is 13.0. The smallest absolute Gasteiger partial charge is 0.255 e. The zero-order valence-electron chi connectivity index (χ0n) is 13.4. The van der Waals surface area contributed by atoms with Crippen LogP contribution in [-0.4, -0.2) is 10.9 Å². The summed E-state index contributed by atoms with van der Waals surface area (Å²) in [6.45, 7) is 1.99. The van der Waals surface area contributed by atoms with Crippen LogP contribution in [0, 0.1) is 0 Å². The molecule has 1 amide bonds. The van der Waals surface area contributed by atoms with Crippen LogP contribution in [0.15, 0.2) is 59.5 Å². The van der Waals surface area contributed by atoms with Gasteiger partial charge in [-0.2, -0.15) is 0 Å². The number of benzene rings is 2. The number of H-pyrrole nitrogens is 1. The quantitative estimate of drug-likeness (QED) is 0.761. The molecule has 120 valence electrons. The first-order valence-corrected chi connectivity index (χ1v) is 8.10. The highest BCUT2D eigenvalue weighted by molar-refractivity contribution is 6.06. The van der Waals surface area contributed by atoms with Crippen molar-refractivity contribution in [1.82, 2.24) is 4.98 Å². The Labute approximate surface area is 139 Å². The van der Waals surface area contributed by atoms with E-state index in [1.54, 1.807) is 18.3 Å². The van der Waals surface area contributed by atoms with Crippen molar-refractivity contribution in [2.75, 3.05) is 5.32 Å². The molecule has 0 fully saturated rings. The van der Waals surface area contributed by atoms with E-state index in [0.29, 0.717) is 11.1 Å². The van der Waals surface area contributed by atoms with Gasteiger partial charge < -0.3 is 10.3 Å². The third-order valence-electron chi connectivity index (χ3n) is 5.07. The summed E-state index contributed by atoms with van der Waals surface area (Å²) in [5, 5.41) is 4.37. The number of pyridine rings is 1. The summed E-state index contributed by atoms with van der Waals surface area (Å²) in [4.78, 5) is 27.6. The molecule has 1 atom stereocenters. The van der Waals surface area contributed by atoms with Gasteiger partial charge in [-0.05, 0) is 49.1 Å². The van der Waals surface area contributed by atoms with Crippen LogP contribution >= 0.6 is 0 Å². The van der Waals surface area contributed by atoms with Gasteiger partial charge in [-0.1, -0.05) is 30.3 Å². The monoisotopic (exact) mass is 318 g/mol. The molecule has 2 aromatic carbocycles. The molecular formula is C20H18N2O2. The summed E-state index contributed by atoms with van der Waals surface area (Å²) in [6.07, 6.45) is 3.31. The molecule has 1 aliphatic carbocycles. The summed E-state index contributed by atoms with van der Waals surface area (Å²) >= 11 is 0. The Morgan fingerprint density at radius 3 is 2.79 bits per heavy atom. The molecule has 4 nitrogen and oxygen atoms in total. The van der Waals surface area contributed by atoms with Crippen molar-refractivity contribution in [2.24, 2.45) is 0 Å². The first-order valence-electron chi connectivity index (χ1n) is 8.10. The van der Waals surface area contributed by atoms with Gasteiger partial charge in [-0.3, -0.25) is 9.59 Å². The van der Waals surface area contributed by atoms with Crippen LogP contribution in [0.5, 0.6) is 0 Å². The van der Waals surface area contributed by atoms with Crippen LogP contribution in [0.3, 0.4) is 0 Å². The molecule has 1 aliphatic rings. The Hall–Kier alpha value is -2.88. The molecule has 0 radical (unpaired) electrons. The van der Waals surface area contributed by atoms with Crippen LogP contribution in [-0.2, 0) is 16.6 Å². The van der Waals surface area contributed by atoms with E-state index in [9.17, 15) is 9.59 Å². The molecule has 0 spiro atoms. The maximum atomic E-state index is 13.0. The van der Waals surface area contributed by atoms with Crippen molar-refractivity contribution in [1.29, 1.82) is 0 Å². The van der Waals surface area contributed by atoms with E-state index in [4.69, 9.17) is 0 Å². The van der Waals surface area contributed by atoms with Crippen molar-refractivity contribution in [3.63, 3.8) is 0 Å². The average molecular weight is 318 g/mol. The Kier molecular flexibility index (Phi) is 3.27. The van der Waals surface area contributed by atoms with Crippen LogP contribution in [0.1, 0.15) is 24.5 Å². The fraction of sp³-hybridized carbons (Fsp3) is 0.200. The Morgan fingerprint density at radius 1 is 1.08 bits per heavy atom. The van der Waals surface area contributed by atoms with Crippen LogP contribution in [0.2, 0.25) is 0 Å². The van der Waals surface area contributed by atoms with E-state index in [0.717, 1.165) is 23.8 Å². The predicted octanol–water partition coefficient (Wildman–Crippen LogP) is 3.37. The summed E-state index contributed by atoms with van der Waals surface area (Å²) in [5.74, 6) is -0.0276. The van der Waals surface area contributed by atoms with E-state index >= 15 is 0 Å². The second-order valence-corrected chi connectivity index (χ2v) is 6.52. The van der Waals surface area contributed by atoms with E-state index in [1.165, 1.54) is 5.56 Å². The molecule has 24 heavy (non-hydrogen) atoms. The molecule has 2 N–H and O–H groups in total. The topological polar surface area (TPSA) is 62.0 Å². The van der Waals surface area contributed by atoms with Gasteiger partial charge in [0.25, 0.3) is 5.56 Å². The molecule has 4 rings (SSSR count). The van der Waals surface area contributed by atoms with E-state index in [1.807, 2.05) is 37.3 Å². The minimum Gasteiger partial charge on any atom is -0.329 e. The fourth-order valence-electron chi connectivity index (χ4n) is 3.62. The van der Waals surface area contributed by atoms with Gasteiger partial charge in [0.15, 0.2) is 0 Å². The summed E-state index contributed by atoms with van der Waals surface area (Å²) in [5.41, 5.74) is 2.32. The average Bonchev–Trinajstić information content (AvgIpc) is 2.95. The second kappa shape index (κ2) is 5.34. The molecule has 0 bridgehead atoms. The number of hydrogen-bond acceptors (Lipinski definition) is 2. The highest BCUT2D eigenvalue weighted by atomic mass is 16.2. The second-order valence-electron chi connectivity index (χ2n) is 6.52. The minimum absolute atomic E-state index is 0.0276. The molecule has 1 unspecified atom stereocenters. The number of aryl methyl sites for hydroxylation is 1. The number of carbonyl (C=O) groups excluding carboxylic acids is 1. The Morgan fingerprint density at radius 2 is 1.92 bits per heavy atom. The maximum Gasteiger partial charge on any atom is 0.255 e. The number of aromatic nitrogens is 1. The molecule has 0 saturated carbocycles. The lowest BCUT2D eigenvalue weighted by Gasteiger charge is -2.24. The minimum atomic E-state index is -0.542. The van der Waals surface area contributed by atoms with Crippen molar-refractivity contribution >= 4 is 22.4 Å². The Bertz CT molecular complexity index is 1010. The van der Waals surface area contributed by atoms with Crippen LogP contribution in [0.25, 0.3) is 10.8 Å². The van der Waals surface area contributed by atoms with Gasteiger partial charge in [0.05, 0.1) is 5.41 Å². The molecular weight excluding hydrogens is 300 g/mol. The van der Waals surface area contributed by atoms with E-state index in [2.05, 4.69) is 16.4 Å². The lowest BCUT2D eigenvalue weighted by Crippen LogP contribution is -2.35. The first-order chi connectivity index (χ1) is 11.6. The molecule has 4 heteroatoms. The predicted molar refractivity (Wildman–Crippen MR) is 95.3 cm³/mol. The number of nitrogens with one attached hydrogen (secondary N) is 2. The molecule has 0 aliphatic heterocycles. The molecule has 3 aromatic rings. The highest BCUT2D eigenvalue weighted by Crippen LogP contribution is 2.39. The van der Waals surface area contributed by atoms with Gasteiger partial charge >= 0.3 is 0 Å². The highest BCUT2D eigenvalue weighted by Gasteiger charge is 2.40. The number of amides is 1.